The molecule has 1 saturated heterocycles. The molecule has 0 aromatic carbocycles. The molecule has 110 valence electrons. The Hall–Kier alpha value is -2.02. The van der Waals surface area contributed by atoms with Crippen molar-refractivity contribution in [2.24, 2.45) is 0 Å². The van der Waals surface area contributed by atoms with Crippen molar-refractivity contribution in [2.45, 2.75) is 25.8 Å². The zero-order valence-electron chi connectivity index (χ0n) is 12.1. The van der Waals surface area contributed by atoms with Gasteiger partial charge in [-0.25, -0.2) is 9.50 Å². The number of aromatic nitrogens is 4. The van der Waals surface area contributed by atoms with E-state index in [1.807, 2.05) is 17.9 Å². The van der Waals surface area contributed by atoms with Gasteiger partial charge in [0.15, 0.2) is 0 Å². The largest absolute Gasteiger partial charge is 0.333 e. The minimum absolute atomic E-state index is 0.0876. The summed E-state index contributed by atoms with van der Waals surface area (Å²) < 4.78 is 1.62. The van der Waals surface area contributed by atoms with Gasteiger partial charge in [-0.05, 0) is 25.8 Å². The minimum atomic E-state index is -0.0876. The number of piperazine rings is 1. The van der Waals surface area contributed by atoms with E-state index in [9.17, 15) is 4.79 Å². The van der Waals surface area contributed by atoms with E-state index in [1.54, 1.807) is 10.7 Å². The first kappa shape index (κ1) is 12.7. The summed E-state index contributed by atoms with van der Waals surface area (Å²) >= 11 is 0. The fourth-order valence-electron chi connectivity index (χ4n) is 2.87. The lowest BCUT2D eigenvalue weighted by Gasteiger charge is -2.34. The predicted molar refractivity (Wildman–Crippen MR) is 76.0 cm³/mol. The fourth-order valence-corrected chi connectivity index (χ4v) is 2.87. The zero-order valence-corrected chi connectivity index (χ0v) is 12.1. The van der Waals surface area contributed by atoms with Gasteiger partial charge in [-0.2, -0.15) is 4.98 Å². The van der Waals surface area contributed by atoms with Crippen LogP contribution in [0.25, 0.3) is 5.78 Å². The van der Waals surface area contributed by atoms with E-state index in [4.69, 9.17) is 0 Å². The first-order valence-electron chi connectivity index (χ1n) is 7.44. The van der Waals surface area contributed by atoms with Gasteiger partial charge in [0.05, 0.1) is 0 Å². The Bertz CT molecular complexity index is 684. The first-order chi connectivity index (χ1) is 10.2. The van der Waals surface area contributed by atoms with Gasteiger partial charge in [0.25, 0.3) is 11.7 Å². The first-order valence-corrected chi connectivity index (χ1v) is 7.44. The molecule has 1 saturated carbocycles. The normalized spacial score (nSPS) is 20.1. The molecule has 2 aliphatic rings. The van der Waals surface area contributed by atoms with Crippen molar-refractivity contribution in [3.05, 3.63) is 23.8 Å². The van der Waals surface area contributed by atoms with Crippen molar-refractivity contribution in [3.8, 4) is 0 Å². The third-order valence-corrected chi connectivity index (χ3v) is 4.29. The maximum Gasteiger partial charge on any atom is 0.293 e. The highest BCUT2D eigenvalue weighted by Gasteiger charge is 2.33. The number of aryl methyl sites for hydroxylation is 1. The Morgan fingerprint density at radius 2 is 2.00 bits per heavy atom. The second kappa shape index (κ2) is 4.77. The van der Waals surface area contributed by atoms with Crippen molar-refractivity contribution in [1.82, 2.24) is 29.4 Å². The maximum atomic E-state index is 12.5. The third kappa shape index (κ3) is 2.27. The predicted octanol–water partition coefficient (Wildman–Crippen LogP) is 0.353. The number of hydrogen-bond donors (Lipinski definition) is 0. The molecule has 1 aliphatic carbocycles. The second-order valence-electron chi connectivity index (χ2n) is 5.79. The summed E-state index contributed by atoms with van der Waals surface area (Å²) in [4.78, 5) is 25.2. The van der Waals surface area contributed by atoms with Crippen molar-refractivity contribution in [2.75, 3.05) is 26.2 Å². The molecule has 0 N–H and O–H groups in total. The average Bonchev–Trinajstić information content (AvgIpc) is 3.26. The van der Waals surface area contributed by atoms with Crippen molar-refractivity contribution >= 4 is 11.7 Å². The van der Waals surface area contributed by atoms with Crippen LogP contribution in [0.3, 0.4) is 0 Å². The van der Waals surface area contributed by atoms with Crippen LogP contribution in [0.5, 0.6) is 0 Å². The lowest BCUT2D eigenvalue weighted by molar-refractivity contribution is 0.0615. The molecule has 0 bridgehead atoms. The molecule has 4 rings (SSSR count). The Kier molecular flexibility index (Phi) is 2.88. The van der Waals surface area contributed by atoms with Gasteiger partial charge in [-0.3, -0.25) is 9.69 Å². The standard InChI is InChI=1S/C14H18N6O/c1-10-4-5-15-14-16-12(17-20(10)14)13(21)19-8-6-18(7-9-19)11-2-3-11/h4-5,11H,2-3,6-9H2,1H3. The summed E-state index contributed by atoms with van der Waals surface area (Å²) in [6, 6.07) is 2.62. The molecule has 21 heavy (non-hydrogen) atoms. The molecule has 3 heterocycles. The van der Waals surface area contributed by atoms with Crippen LogP contribution in [0.2, 0.25) is 0 Å². The van der Waals surface area contributed by atoms with Gasteiger partial charge in [-0.15, -0.1) is 5.10 Å². The lowest BCUT2D eigenvalue weighted by atomic mass is 10.3. The van der Waals surface area contributed by atoms with Gasteiger partial charge < -0.3 is 4.90 Å². The molecule has 1 aliphatic heterocycles. The monoisotopic (exact) mass is 286 g/mol. The molecule has 7 nitrogen and oxygen atoms in total. The van der Waals surface area contributed by atoms with Crippen molar-refractivity contribution < 1.29 is 4.79 Å². The molecule has 0 atom stereocenters. The number of amides is 1. The van der Waals surface area contributed by atoms with Crippen LogP contribution in [0.15, 0.2) is 12.3 Å². The summed E-state index contributed by atoms with van der Waals surface area (Å²) in [5, 5.41) is 4.29. The smallest absolute Gasteiger partial charge is 0.293 e. The molecule has 2 aromatic rings. The molecular formula is C14H18N6O. The summed E-state index contributed by atoms with van der Waals surface area (Å²) in [7, 11) is 0. The average molecular weight is 286 g/mol. The highest BCUT2D eigenvalue weighted by atomic mass is 16.2. The number of hydrogen-bond acceptors (Lipinski definition) is 5. The minimum Gasteiger partial charge on any atom is -0.333 e. The Balaban J connectivity index is 1.52. The van der Waals surface area contributed by atoms with Crippen LogP contribution < -0.4 is 0 Å². The van der Waals surface area contributed by atoms with E-state index in [2.05, 4.69) is 20.0 Å². The van der Waals surface area contributed by atoms with E-state index in [1.165, 1.54) is 12.8 Å². The molecule has 0 spiro atoms. The highest BCUT2D eigenvalue weighted by Crippen LogP contribution is 2.27. The molecule has 0 radical (unpaired) electrons. The molecule has 2 aromatic heterocycles. The van der Waals surface area contributed by atoms with E-state index in [0.29, 0.717) is 5.78 Å². The summed E-state index contributed by atoms with van der Waals surface area (Å²) in [6.45, 7) is 5.36. The summed E-state index contributed by atoms with van der Waals surface area (Å²) in [5.74, 6) is 0.641. The van der Waals surface area contributed by atoms with E-state index in [-0.39, 0.29) is 11.7 Å². The lowest BCUT2D eigenvalue weighted by Crippen LogP contribution is -2.49. The van der Waals surface area contributed by atoms with Gasteiger partial charge in [0, 0.05) is 44.1 Å². The molecule has 0 unspecified atom stereocenters. The van der Waals surface area contributed by atoms with Crippen LogP contribution in [0.1, 0.15) is 29.2 Å². The number of fused-ring (bicyclic) bond motifs is 1. The van der Waals surface area contributed by atoms with E-state index in [0.717, 1.165) is 37.9 Å². The molecule has 1 amide bonds. The Labute approximate surface area is 122 Å². The molecule has 2 fully saturated rings. The number of nitrogens with zero attached hydrogens (tertiary/aromatic N) is 6. The van der Waals surface area contributed by atoms with Gasteiger partial charge in [-0.1, -0.05) is 0 Å². The summed E-state index contributed by atoms with van der Waals surface area (Å²) in [6.07, 6.45) is 4.31. The number of carbonyl (C=O) groups excluding carboxylic acids is 1. The topological polar surface area (TPSA) is 66.6 Å². The van der Waals surface area contributed by atoms with E-state index < -0.39 is 0 Å². The maximum absolute atomic E-state index is 12.5. The highest BCUT2D eigenvalue weighted by molar-refractivity contribution is 5.91. The number of carbonyl (C=O) groups is 1. The Morgan fingerprint density at radius 3 is 2.67 bits per heavy atom. The van der Waals surface area contributed by atoms with Crippen molar-refractivity contribution in [1.29, 1.82) is 0 Å². The van der Waals surface area contributed by atoms with Gasteiger partial charge in [0.2, 0.25) is 5.82 Å². The van der Waals surface area contributed by atoms with Gasteiger partial charge in [0.1, 0.15) is 0 Å². The van der Waals surface area contributed by atoms with Crippen LogP contribution in [-0.4, -0.2) is 67.5 Å². The Morgan fingerprint density at radius 1 is 1.24 bits per heavy atom. The third-order valence-electron chi connectivity index (χ3n) is 4.29. The number of rotatable bonds is 2. The second-order valence-corrected chi connectivity index (χ2v) is 5.79. The van der Waals surface area contributed by atoms with Crippen LogP contribution in [0, 0.1) is 6.92 Å². The van der Waals surface area contributed by atoms with Crippen LogP contribution >= 0.6 is 0 Å². The molecule has 7 heteroatoms. The fraction of sp³-hybridized carbons (Fsp3) is 0.571. The quantitative estimate of drug-likeness (QED) is 0.797. The summed E-state index contributed by atoms with van der Waals surface area (Å²) in [5.41, 5.74) is 0.921. The van der Waals surface area contributed by atoms with Crippen molar-refractivity contribution in [3.63, 3.8) is 0 Å². The van der Waals surface area contributed by atoms with E-state index >= 15 is 0 Å². The molecular weight excluding hydrogens is 268 g/mol. The van der Waals surface area contributed by atoms with Crippen LogP contribution in [-0.2, 0) is 0 Å². The SMILES string of the molecule is Cc1ccnc2nc(C(=O)N3CCN(C4CC4)CC3)nn12. The van der Waals surface area contributed by atoms with Crippen LogP contribution in [0.4, 0.5) is 0 Å². The zero-order chi connectivity index (χ0) is 14.4. The van der Waals surface area contributed by atoms with Gasteiger partial charge >= 0.3 is 0 Å².